The Hall–Kier alpha value is -0.210. The highest BCUT2D eigenvalue weighted by molar-refractivity contribution is 7.81. The van der Waals surface area contributed by atoms with E-state index < -0.39 is 0 Å². The molecule has 136 valence electrons. The molecule has 0 amide bonds. The van der Waals surface area contributed by atoms with Gasteiger partial charge in [0.25, 0.3) is 0 Å². The standard InChI is InChI=1S/C18H30S.C2H6.CH4O/c1-13-9-16-14(2)7-6-8-15(16)11-18(5,19)12-17(3,4)10-13;2*1-2/h8,13,19H,6-7,9-12H2,1-5H3;1-2H3;2H,1H3. The predicted molar refractivity (Wildman–Crippen MR) is 108 cm³/mol. The molecule has 0 heterocycles. The van der Waals surface area contributed by atoms with Gasteiger partial charge in [-0.1, -0.05) is 53.2 Å². The number of rotatable bonds is 0. The maximum atomic E-state index is 7.00. The van der Waals surface area contributed by atoms with Gasteiger partial charge in [-0.3, -0.25) is 0 Å². The minimum absolute atomic E-state index is 0.127. The smallest absolute Gasteiger partial charge is 0.0319 e. The van der Waals surface area contributed by atoms with Gasteiger partial charge in [0.1, 0.15) is 0 Å². The van der Waals surface area contributed by atoms with Crippen LogP contribution in [-0.4, -0.2) is 17.0 Å². The van der Waals surface area contributed by atoms with E-state index in [1.807, 2.05) is 13.8 Å². The molecule has 0 aliphatic heterocycles. The van der Waals surface area contributed by atoms with E-state index in [2.05, 4.69) is 40.7 Å². The van der Waals surface area contributed by atoms with E-state index in [0.717, 1.165) is 19.4 Å². The van der Waals surface area contributed by atoms with Crippen LogP contribution in [0.5, 0.6) is 0 Å². The minimum atomic E-state index is 0.127. The molecule has 2 aliphatic rings. The fourth-order valence-corrected chi connectivity index (χ4v) is 5.03. The van der Waals surface area contributed by atoms with Crippen molar-refractivity contribution in [1.29, 1.82) is 0 Å². The average Bonchev–Trinajstić information content (AvgIpc) is 2.47. The lowest BCUT2D eigenvalue weighted by Gasteiger charge is -2.35. The molecule has 0 aromatic heterocycles. The number of allylic oxidation sites excluding steroid dienone is 4. The molecule has 2 heteroatoms. The quantitative estimate of drug-likeness (QED) is 0.477. The Kier molecular flexibility index (Phi) is 9.84. The van der Waals surface area contributed by atoms with Crippen LogP contribution in [-0.2, 0) is 0 Å². The predicted octanol–water partition coefficient (Wildman–Crippen LogP) is 6.58. The average molecular weight is 341 g/mol. The molecular weight excluding hydrogens is 300 g/mol. The molecule has 0 radical (unpaired) electrons. The summed E-state index contributed by atoms with van der Waals surface area (Å²) in [5.41, 5.74) is 5.30. The van der Waals surface area contributed by atoms with Crippen molar-refractivity contribution in [3.63, 3.8) is 0 Å². The third-order valence-corrected chi connectivity index (χ3v) is 5.01. The first-order valence-electron chi connectivity index (χ1n) is 9.24. The van der Waals surface area contributed by atoms with Gasteiger partial charge in [-0.2, -0.15) is 12.6 Å². The van der Waals surface area contributed by atoms with Gasteiger partial charge in [0.2, 0.25) is 0 Å². The summed E-state index contributed by atoms with van der Waals surface area (Å²) >= 11 is 5.01. The summed E-state index contributed by atoms with van der Waals surface area (Å²) < 4.78 is 0.127. The Balaban J connectivity index is 0.00000112. The third kappa shape index (κ3) is 7.47. The first-order valence-corrected chi connectivity index (χ1v) is 9.68. The van der Waals surface area contributed by atoms with E-state index >= 15 is 0 Å². The zero-order valence-corrected chi connectivity index (χ0v) is 17.7. The van der Waals surface area contributed by atoms with E-state index in [9.17, 15) is 0 Å². The molecule has 2 aliphatic carbocycles. The number of hydrogen-bond donors (Lipinski definition) is 2. The number of aliphatic hydroxyl groups is 1. The van der Waals surface area contributed by atoms with Crippen molar-refractivity contribution in [2.45, 2.75) is 91.7 Å². The molecule has 2 rings (SSSR count). The lowest BCUT2D eigenvalue weighted by atomic mass is 9.76. The maximum absolute atomic E-state index is 7.00. The van der Waals surface area contributed by atoms with Crippen LogP contribution in [0.3, 0.4) is 0 Å². The highest BCUT2D eigenvalue weighted by Crippen LogP contribution is 2.46. The Labute approximate surface area is 151 Å². The summed E-state index contributed by atoms with van der Waals surface area (Å²) in [5, 5.41) is 7.00. The van der Waals surface area contributed by atoms with Gasteiger partial charge in [-0.05, 0) is 67.9 Å². The Morgan fingerprint density at radius 1 is 1.17 bits per heavy atom. The van der Waals surface area contributed by atoms with Crippen LogP contribution in [0, 0.1) is 11.3 Å². The first-order chi connectivity index (χ1) is 10.7. The van der Waals surface area contributed by atoms with Gasteiger partial charge in [0.15, 0.2) is 0 Å². The van der Waals surface area contributed by atoms with Gasteiger partial charge in [0.05, 0.1) is 0 Å². The summed E-state index contributed by atoms with van der Waals surface area (Å²) in [5.74, 6) is 0.781. The summed E-state index contributed by atoms with van der Waals surface area (Å²) in [4.78, 5) is 0. The molecule has 0 spiro atoms. The van der Waals surface area contributed by atoms with Crippen molar-refractivity contribution in [2.24, 2.45) is 11.3 Å². The molecule has 1 saturated carbocycles. The van der Waals surface area contributed by atoms with Crippen LogP contribution in [0.1, 0.15) is 87.0 Å². The molecule has 23 heavy (non-hydrogen) atoms. The maximum Gasteiger partial charge on any atom is 0.0319 e. The summed E-state index contributed by atoms with van der Waals surface area (Å²) in [6, 6.07) is 0. The van der Waals surface area contributed by atoms with Crippen LogP contribution in [0.2, 0.25) is 0 Å². The minimum Gasteiger partial charge on any atom is -0.400 e. The monoisotopic (exact) mass is 340 g/mol. The van der Waals surface area contributed by atoms with Crippen LogP contribution in [0.4, 0.5) is 0 Å². The molecule has 1 nitrogen and oxygen atoms in total. The van der Waals surface area contributed by atoms with E-state index in [1.165, 1.54) is 32.1 Å². The molecule has 2 atom stereocenters. The third-order valence-electron chi connectivity index (χ3n) is 4.70. The second kappa shape index (κ2) is 9.93. The normalized spacial score (nSPS) is 30.2. The Morgan fingerprint density at radius 2 is 1.74 bits per heavy atom. The second-order valence-electron chi connectivity index (χ2n) is 8.06. The summed E-state index contributed by atoms with van der Waals surface area (Å²) in [6.07, 6.45) is 9.90. The Morgan fingerprint density at radius 3 is 2.30 bits per heavy atom. The fraction of sp³-hybridized carbons (Fsp3) is 0.810. The van der Waals surface area contributed by atoms with E-state index in [1.54, 1.807) is 16.7 Å². The highest BCUT2D eigenvalue weighted by Gasteiger charge is 2.34. The fourth-order valence-electron chi connectivity index (χ4n) is 4.44. The molecule has 1 N–H and O–H groups in total. The first kappa shape index (κ1) is 22.8. The lowest BCUT2D eigenvalue weighted by molar-refractivity contribution is 0.237. The van der Waals surface area contributed by atoms with Crippen LogP contribution < -0.4 is 0 Å². The highest BCUT2D eigenvalue weighted by atomic mass is 32.1. The van der Waals surface area contributed by atoms with E-state index in [-0.39, 0.29) is 4.75 Å². The zero-order valence-electron chi connectivity index (χ0n) is 16.8. The van der Waals surface area contributed by atoms with E-state index in [0.29, 0.717) is 5.41 Å². The molecule has 2 unspecified atom stereocenters. The summed E-state index contributed by atoms with van der Waals surface area (Å²) in [7, 11) is 1.00. The number of aliphatic hydroxyl groups excluding tert-OH is 1. The van der Waals surface area contributed by atoms with Crippen molar-refractivity contribution >= 4 is 12.6 Å². The largest absolute Gasteiger partial charge is 0.400 e. The molecule has 0 bridgehead atoms. The van der Waals surface area contributed by atoms with E-state index in [4.69, 9.17) is 17.7 Å². The van der Waals surface area contributed by atoms with Crippen LogP contribution in [0.25, 0.3) is 0 Å². The Bertz CT molecular complexity index is 416. The second-order valence-corrected chi connectivity index (χ2v) is 9.13. The summed E-state index contributed by atoms with van der Waals surface area (Å²) in [6.45, 7) is 15.9. The van der Waals surface area contributed by atoms with Crippen molar-refractivity contribution in [3.05, 3.63) is 22.8 Å². The number of fused-ring (bicyclic) bond motifs is 1. The van der Waals surface area contributed by atoms with Crippen LogP contribution in [0.15, 0.2) is 22.8 Å². The van der Waals surface area contributed by atoms with Gasteiger partial charge < -0.3 is 5.11 Å². The molecule has 0 saturated heterocycles. The van der Waals surface area contributed by atoms with Gasteiger partial charge >= 0.3 is 0 Å². The zero-order chi connectivity index (χ0) is 18.3. The van der Waals surface area contributed by atoms with Crippen molar-refractivity contribution in [1.82, 2.24) is 0 Å². The van der Waals surface area contributed by atoms with Crippen molar-refractivity contribution < 1.29 is 5.11 Å². The lowest BCUT2D eigenvalue weighted by Crippen LogP contribution is -2.27. The molecule has 0 aromatic rings. The number of thiol groups is 1. The molecule has 0 aromatic carbocycles. The van der Waals surface area contributed by atoms with Crippen molar-refractivity contribution in [2.75, 3.05) is 7.11 Å². The van der Waals surface area contributed by atoms with Gasteiger partial charge in [0, 0.05) is 11.9 Å². The number of hydrogen-bond acceptors (Lipinski definition) is 2. The molecule has 1 fully saturated rings. The van der Waals surface area contributed by atoms with Gasteiger partial charge in [-0.25, -0.2) is 0 Å². The van der Waals surface area contributed by atoms with Crippen LogP contribution >= 0.6 is 12.6 Å². The topological polar surface area (TPSA) is 20.2 Å². The molecular formula is C21H40OS. The van der Waals surface area contributed by atoms with Gasteiger partial charge in [-0.15, -0.1) is 0 Å². The SMILES string of the molecule is CC.CC1=C2CC(C)CC(C)(C)CC(C)(S)CC2=CCC1.CO. The van der Waals surface area contributed by atoms with Crippen molar-refractivity contribution in [3.8, 4) is 0 Å².